The number of carbonyl (C=O) groups is 1. The van der Waals surface area contributed by atoms with Crippen LogP contribution < -0.4 is 19.5 Å². The number of nitrogens with one attached hydrogen (secondary N) is 2. The first-order valence-electron chi connectivity index (χ1n) is 7.58. The minimum Gasteiger partial charge on any atom is -0.495 e. The van der Waals surface area contributed by atoms with Crippen LogP contribution in [0.3, 0.4) is 0 Å². The van der Waals surface area contributed by atoms with Crippen LogP contribution in [0, 0.1) is 0 Å². The predicted molar refractivity (Wildman–Crippen MR) is 99.4 cm³/mol. The number of carbonyl (C=O) groups excluding carboxylic acids is 1. The largest absolute Gasteiger partial charge is 0.495 e. The van der Waals surface area contributed by atoms with Gasteiger partial charge in [0.15, 0.2) is 0 Å². The first-order valence-corrected chi connectivity index (χ1v) is 9.44. The van der Waals surface area contributed by atoms with Gasteiger partial charge in [-0.2, -0.15) is 4.72 Å². The number of benzene rings is 2. The van der Waals surface area contributed by atoms with E-state index in [0.29, 0.717) is 11.4 Å². The van der Waals surface area contributed by atoms with Gasteiger partial charge in [0.05, 0.1) is 25.9 Å². The fourth-order valence-electron chi connectivity index (χ4n) is 2.20. The summed E-state index contributed by atoms with van der Waals surface area (Å²) in [6.07, 6.45) is 0. The Morgan fingerprint density at radius 3 is 2.38 bits per heavy atom. The van der Waals surface area contributed by atoms with Crippen molar-refractivity contribution in [2.45, 2.75) is 17.9 Å². The third-order valence-electron chi connectivity index (χ3n) is 3.51. The molecule has 1 atom stereocenters. The second-order valence-electron chi connectivity index (χ2n) is 5.33. The molecule has 0 aliphatic heterocycles. The van der Waals surface area contributed by atoms with E-state index in [1.54, 1.807) is 24.3 Å². The Balaban J connectivity index is 2.19. The number of halogens is 1. The number of ether oxygens (including phenoxy) is 2. The molecule has 2 aromatic carbocycles. The summed E-state index contributed by atoms with van der Waals surface area (Å²) in [5, 5.41) is 2.86. The van der Waals surface area contributed by atoms with E-state index >= 15 is 0 Å². The number of sulfonamides is 1. The smallest absolute Gasteiger partial charge is 0.245 e. The summed E-state index contributed by atoms with van der Waals surface area (Å²) in [5.41, 5.74) is 0.436. The van der Waals surface area contributed by atoms with Crippen LogP contribution in [0.1, 0.15) is 6.92 Å². The second-order valence-corrected chi connectivity index (χ2v) is 7.45. The first kappa shape index (κ1) is 20.0. The average Bonchev–Trinajstić information content (AvgIpc) is 2.61. The Bertz CT molecular complexity index is 902. The van der Waals surface area contributed by atoms with Gasteiger partial charge in [0.25, 0.3) is 0 Å². The minimum absolute atomic E-state index is 0.124. The zero-order chi connectivity index (χ0) is 19.3. The lowest BCUT2D eigenvalue weighted by atomic mass is 10.2. The van der Waals surface area contributed by atoms with Gasteiger partial charge in [-0.15, -0.1) is 0 Å². The third-order valence-corrected chi connectivity index (χ3v) is 5.30. The third kappa shape index (κ3) is 4.66. The quantitative estimate of drug-likeness (QED) is 0.747. The van der Waals surface area contributed by atoms with Crippen molar-refractivity contribution in [1.82, 2.24) is 4.72 Å². The van der Waals surface area contributed by atoms with Crippen LogP contribution in [0.2, 0.25) is 5.02 Å². The molecule has 0 radical (unpaired) electrons. The molecule has 0 aromatic heterocycles. The van der Waals surface area contributed by atoms with E-state index in [-0.39, 0.29) is 15.7 Å². The maximum atomic E-state index is 12.6. The molecule has 0 fully saturated rings. The molecule has 26 heavy (non-hydrogen) atoms. The molecule has 0 heterocycles. The average molecular weight is 399 g/mol. The van der Waals surface area contributed by atoms with Crippen LogP contribution in [0.25, 0.3) is 0 Å². The van der Waals surface area contributed by atoms with Crippen molar-refractivity contribution in [2.24, 2.45) is 0 Å². The molecule has 9 heteroatoms. The summed E-state index contributed by atoms with van der Waals surface area (Å²) in [6, 6.07) is 9.98. The predicted octanol–water partition coefficient (Wildman–Crippen LogP) is 2.66. The van der Waals surface area contributed by atoms with Crippen molar-refractivity contribution in [1.29, 1.82) is 0 Å². The number of hydrogen-bond acceptors (Lipinski definition) is 5. The summed E-state index contributed by atoms with van der Waals surface area (Å²) < 4.78 is 37.7. The van der Waals surface area contributed by atoms with E-state index in [0.717, 1.165) is 0 Å². The molecule has 0 saturated heterocycles. The Kier molecular flexibility index (Phi) is 6.47. The van der Waals surface area contributed by atoms with E-state index in [4.69, 9.17) is 21.1 Å². The fourth-order valence-corrected chi connectivity index (χ4v) is 3.83. The Morgan fingerprint density at radius 1 is 1.08 bits per heavy atom. The number of anilines is 1. The summed E-state index contributed by atoms with van der Waals surface area (Å²) in [7, 11) is -1.21. The van der Waals surface area contributed by atoms with Crippen LogP contribution in [0.15, 0.2) is 47.4 Å². The van der Waals surface area contributed by atoms with Gasteiger partial charge in [0.1, 0.15) is 16.4 Å². The molecule has 0 bridgehead atoms. The van der Waals surface area contributed by atoms with Gasteiger partial charge >= 0.3 is 0 Å². The van der Waals surface area contributed by atoms with Crippen molar-refractivity contribution in [3.8, 4) is 11.5 Å². The van der Waals surface area contributed by atoms with Gasteiger partial charge in [0, 0.05) is 5.02 Å². The van der Waals surface area contributed by atoms with Crippen LogP contribution in [-0.4, -0.2) is 34.6 Å². The Hall–Kier alpha value is -2.29. The number of hydrogen-bond donors (Lipinski definition) is 2. The number of para-hydroxylation sites is 2. The van der Waals surface area contributed by atoms with Crippen LogP contribution >= 0.6 is 11.6 Å². The molecule has 0 spiro atoms. The molecule has 2 aromatic rings. The van der Waals surface area contributed by atoms with Gasteiger partial charge in [-0.05, 0) is 37.3 Å². The topological polar surface area (TPSA) is 93.7 Å². The molecular formula is C17H19ClN2O5S. The van der Waals surface area contributed by atoms with E-state index in [1.807, 2.05) is 0 Å². The van der Waals surface area contributed by atoms with Crippen LogP contribution in [-0.2, 0) is 14.8 Å². The van der Waals surface area contributed by atoms with Crippen molar-refractivity contribution >= 4 is 33.2 Å². The highest BCUT2D eigenvalue weighted by molar-refractivity contribution is 7.89. The van der Waals surface area contributed by atoms with Crippen molar-refractivity contribution in [3.05, 3.63) is 47.5 Å². The van der Waals surface area contributed by atoms with Crippen molar-refractivity contribution in [2.75, 3.05) is 19.5 Å². The molecule has 0 saturated carbocycles. The summed E-state index contributed by atoms with van der Waals surface area (Å²) in [6.45, 7) is 1.43. The highest BCUT2D eigenvalue weighted by Crippen LogP contribution is 2.27. The lowest BCUT2D eigenvalue weighted by Crippen LogP contribution is -2.41. The van der Waals surface area contributed by atoms with Gasteiger partial charge in [-0.1, -0.05) is 23.7 Å². The van der Waals surface area contributed by atoms with Crippen LogP contribution in [0.5, 0.6) is 11.5 Å². The van der Waals surface area contributed by atoms with E-state index in [1.165, 1.54) is 39.3 Å². The Morgan fingerprint density at radius 2 is 1.73 bits per heavy atom. The molecule has 2 rings (SSSR count). The minimum atomic E-state index is -4.03. The SMILES string of the molecule is COc1ccccc1NC(=O)[C@H](C)NS(=O)(=O)c1cc(Cl)ccc1OC. The first-order chi connectivity index (χ1) is 12.3. The maximum Gasteiger partial charge on any atom is 0.245 e. The van der Waals surface area contributed by atoms with E-state index in [2.05, 4.69) is 10.0 Å². The highest BCUT2D eigenvalue weighted by atomic mass is 35.5. The van der Waals surface area contributed by atoms with Crippen molar-refractivity contribution < 1.29 is 22.7 Å². The zero-order valence-electron chi connectivity index (χ0n) is 14.4. The molecule has 0 unspecified atom stereocenters. The molecule has 2 N–H and O–H groups in total. The standard InChI is InChI=1S/C17H19ClN2O5S/c1-11(17(21)19-13-6-4-5-7-14(13)24-2)20-26(22,23)16-10-12(18)8-9-15(16)25-3/h4-11,20H,1-3H3,(H,19,21)/t11-/m0/s1. The Labute approximate surface area is 157 Å². The van der Waals surface area contributed by atoms with Gasteiger partial charge in [-0.25, -0.2) is 8.42 Å². The number of amides is 1. The molecular weight excluding hydrogens is 380 g/mol. The highest BCUT2D eigenvalue weighted by Gasteiger charge is 2.25. The fraction of sp³-hybridized carbons (Fsp3) is 0.235. The van der Waals surface area contributed by atoms with Crippen LogP contribution in [0.4, 0.5) is 5.69 Å². The summed E-state index contributed by atoms with van der Waals surface area (Å²) >= 11 is 5.88. The lowest BCUT2D eigenvalue weighted by Gasteiger charge is -2.17. The van der Waals surface area contributed by atoms with E-state index in [9.17, 15) is 13.2 Å². The lowest BCUT2D eigenvalue weighted by molar-refractivity contribution is -0.117. The molecule has 0 aliphatic rings. The van der Waals surface area contributed by atoms with Gasteiger partial charge in [-0.3, -0.25) is 4.79 Å². The zero-order valence-corrected chi connectivity index (χ0v) is 16.0. The summed E-state index contributed by atoms with van der Waals surface area (Å²) in [5.74, 6) is 0.0470. The maximum absolute atomic E-state index is 12.6. The monoisotopic (exact) mass is 398 g/mol. The van der Waals surface area contributed by atoms with E-state index < -0.39 is 22.0 Å². The number of rotatable bonds is 7. The van der Waals surface area contributed by atoms with Gasteiger partial charge in [0.2, 0.25) is 15.9 Å². The molecule has 7 nitrogen and oxygen atoms in total. The molecule has 1 amide bonds. The normalized spacial score (nSPS) is 12.3. The molecule has 0 aliphatic carbocycles. The number of methoxy groups -OCH3 is 2. The van der Waals surface area contributed by atoms with Gasteiger partial charge < -0.3 is 14.8 Å². The second kappa shape index (κ2) is 8.39. The molecule has 140 valence electrons. The summed E-state index contributed by atoms with van der Waals surface area (Å²) in [4.78, 5) is 12.2. The van der Waals surface area contributed by atoms with Crippen molar-refractivity contribution in [3.63, 3.8) is 0 Å².